The number of hydrogen-bond donors (Lipinski definition) is 1. The molecule has 0 saturated carbocycles. The highest BCUT2D eigenvalue weighted by atomic mass is 32.2. The Morgan fingerprint density at radius 2 is 2.06 bits per heavy atom. The molecule has 0 aliphatic heterocycles. The lowest BCUT2D eigenvalue weighted by molar-refractivity contribution is 0.291. The van der Waals surface area contributed by atoms with E-state index >= 15 is 0 Å². The van der Waals surface area contributed by atoms with Crippen LogP contribution in [0.5, 0.6) is 5.75 Å². The summed E-state index contributed by atoms with van der Waals surface area (Å²) in [5.74, 6) is -0.679. The van der Waals surface area contributed by atoms with E-state index in [2.05, 4.69) is 21.5 Å². The fraction of sp³-hybridized carbons (Fsp3) is 0.130. The summed E-state index contributed by atoms with van der Waals surface area (Å²) in [6, 6.07) is 8.62. The van der Waals surface area contributed by atoms with Crippen LogP contribution in [0.3, 0.4) is 0 Å². The summed E-state index contributed by atoms with van der Waals surface area (Å²) in [6.07, 6.45) is 4.73. The minimum Gasteiger partial charge on any atom is -0.490 e. The summed E-state index contributed by atoms with van der Waals surface area (Å²) in [5, 5.41) is 1.34. The molecule has 0 spiro atoms. The summed E-state index contributed by atoms with van der Waals surface area (Å²) in [4.78, 5) is 11.8. The van der Waals surface area contributed by atoms with Gasteiger partial charge in [-0.1, -0.05) is 6.58 Å². The molecular weight excluding hydrogens is 434 g/mol. The maximum absolute atomic E-state index is 14.8. The van der Waals surface area contributed by atoms with E-state index < -0.39 is 22.6 Å². The normalized spacial score (nSPS) is 12.2. The number of nitrogens with one attached hydrogen (secondary N) is 1. The zero-order valence-electron chi connectivity index (χ0n) is 17.2. The number of likely N-dealkylation sites (N-methyl/N-ethyl adjacent to an activating group) is 1. The van der Waals surface area contributed by atoms with Crippen molar-refractivity contribution in [2.45, 2.75) is 0 Å². The van der Waals surface area contributed by atoms with Gasteiger partial charge in [-0.15, -0.1) is 0 Å². The summed E-state index contributed by atoms with van der Waals surface area (Å²) in [5.41, 5.74) is 2.85. The predicted molar refractivity (Wildman–Crippen MR) is 121 cm³/mol. The molecule has 164 valence electrons. The van der Waals surface area contributed by atoms with Crippen molar-refractivity contribution in [3.05, 3.63) is 78.6 Å². The van der Waals surface area contributed by atoms with Crippen LogP contribution in [-0.4, -0.2) is 43.7 Å². The first-order valence-corrected chi connectivity index (χ1v) is 10.9. The predicted octanol–water partition coefficient (Wildman–Crippen LogP) is 4.69. The quantitative estimate of drug-likeness (QED) is 0.419. The molecule has 4 rings (SSSR count). The van der Waals surface area contributed by atoms with Crippen LogP contribution in [0.25, 0.3) is 33.4 Å². The first kappa shape index (κ1) is 21.8. The smallest absolute Gasteiger partial charge is 0.146 e. The molecule has 3 heterocycles. The second kappa shape index (κ2) is 9.37. The molecule has 0 radical (unpaired) electrons. The molecule has 32 heavy (non-hydrogen) atoms. The van der Waals surface area contributed by atoms with Crippen LogP contribution < -0.4 is 4.74 Å². The van der Waals surface area contributed by atoms with E-state index in [9.17, 15) is 13.0 Å². The number of hydrogen-bond acceptors (Lipinski definition) is 4. The van der Waals surface area contributed by atoms with E-state index in [1.807, 2.05) is 6.07 Å². The Morgan fingerprint density at radius 1 is 1.22 bits per heavy atom. The van der Waals surface area contributed by atoms with Crippen molar-refractivity contribution in [2.75, 3.05) is 20.2 Å². The van der Waals surface area contributed by atoms with E-state index in [1.165, 1.54) is 5.41 Å². The first-order chi connectivity index (χ1) is 15.5. The van der Waals surface area contributed by atoms with Gasteiger partial charge in [-0.25, -0.2) is 17.3 Å². The number of aromatic nitrogens is 3. The lowest BCUT2D eigenvalue weighted by Crippen LogP contribution is -2.25. The van der Waals surface area contributed by atoms with Crippen molar-refractivity contribution in [3.8, 4) is 28.1 Å². The number of rotatable bonds is 8. The van der Waals surface area contributed by atoms with Gasteiger partial charge in [0.1, 0.15) is 35.0 Å². The van der Waals surface area contributed by atoms with Gasteiger partial charge in [-0.2, -0.15) is 0 Å². The lowest BCUT2D eigenvalue weighted by Gasteiger charge is -2.15. The molecule has 6 nitrogen and oxygen atoms in total. The Bertz CT molecular complexity index is 1310. The number of halogens is 2. The summed E-state index contributed by atoms with van der Waals surface area (Å²) in [6.45, 7) is 4.13. The number of nitrogens with zero attached hydrogens (tertiary/aromatic N) is 3. The standard InChI is InChI=1S/C23H20F2N4O2S/c1-3-32(30)29(2)11-12-31-20-14-26-10-8-16(20)22-21(17-13-15(24)6-7-18(17)25)23-19(28-22)5-4-9-27-23/h3-10,13-14,28H,1,11-12H2,2H3. The van der Waals surface area contributed by atoms with Crippen LogP contribution in [0.4, 0.5) is 8.78 Å². The lowest BCUT2D eigenvalue weighted by atomic mass is 10.00. The number of H-pyrrole nitrogens is 1. The first-order valence-electron chi connectivity index (χ1n) is 9.73. The Kier molecular flexibility index (Phi) is 6.38. The minimum atomic E-state index is -1.31. The average Bonchev–Trinajstić information content (AvgIpc) is 3.19. The third-order valence-electron chi connectivity index (χ3n) is 4.92. The van der Waals surface area contributed by atoms with Gasteiger partial charge < -0.3 is 9.72 Å². The number of aromatic amines is 1. The fourth-order valence-corrected chi connectivity index (χ4v) is 3.89. The number of benzene rings is 1. The van der Waals surface area contributed by atoms with Gasteiger partial charge in [0.2, 0.25) is 0 Å². The molecule has 1 unspecified atom stereocenters. The van der Waals surface area contributed by atoms with Crippen LogP contribution in [0.1, 0.15) is 0 Å². The zero-order chi connectivity index (χ0) is 22.7. The van der Waals surface area contributed by atoms with Crippen LogP contribution in [0.2, 0.25) is 0 Å². The van der Waals surface area contributed by atoms with E-state index in [1.54, 1.807) is 42.1 Å². The molecule has 4 aromatic rings. The average molecular weight is 455 g/mol. The Hall–Kier alpha value is -3.43. The molecule has 3 aromatic heterocycles. The summed E-state index contributed by atoms with van der Waals surface area (Å²) >= 11 is 0. The maximum atomic E-state index is 14.8. The van der Waals surface area contributed by atoms with Gasteiger partial charge in [0, 0.05) is 48.1 Å². The SMILES string of the molecule is C=CS(=O)N(C)CCOc1cnccc1-c1[nH]c2cccnc2c1-c1cc(F)ccc1F. The summed E-state index contributed by atoms with van der Waals surface area (Å²) in [7, 11) is 0.389. The van der Waals surface area contributed by atoms with Gasteiger partial charge in [0.15, 0.2) is 0 Å². The second-order valence-electron chi connectivity index (χ2n) is 6.91. The maximum Gasteiger partial charge on any atom is 0.146 e. The van der Waals surface area contributed by atoms with Gasteiger partial charge in [-0.3, -0.25) is 9.97 Å². The summed E-state index contributed by atoms with van der Waals surface area (Å²) < 4.78 is 48.1. The van der Waals surface area contributed by atoms with Gasteiger partial charge in [-0.05, 0) is 36.4 Å². The Morgan fingerprint density at radius 3 is 2.88 bits per heavy atom. The molecular formula is C23H20F2N4O2S. The van der Waals surface area contributed by atoms with E-state index in [0.29, 0.717) is 40.1 Å². The van der Waals surface area contributed by atoms with Crippen LogP contribution in [0, 0.1) is 11.6 Å². The van der Waals surface area contributed by atoms with Crippen LogP contribution >= 0.6 is 0 Å². The van der Waals surface area contributed by atoms with E-state index in [0.717, 1.165) is 18.2 Å². The number of fused-ring (bicyclic) bond motifs is 1. The Balaban J connectivity index is 1.79. The number of pyridine rings is 2. The third kappa shape index (κ3) is 4.30. The van der Waals surface area contributed by atoms with Gasteiger partial charge >= 0.3 is 0 Å². The van der Waals surface area contributed by atoms with Crippen molar-refractivity contribution in [2.24, 2.45) is 0 Å². The molecule has 9 heteroatoms. The highest BCUT2D eigenvalue weighted by molar-refractivity contribution is 7.85. The van der Waals surface area contributed by atoms with Crippen molar-refractivity contribution in [3.63, 3.8) is 0 Å². The highest BCUT2D eigenvalue weighted by Gasteiger charge is 2.22. The largest absolute Gasteiger partial charge is 0.490 e. The third-order valence-corrected chi connectivity index (χ3v) is 6.00. The van der Waals surface area contributed by atoms with Crippen LogP contribution in [0.15, 0.2) is 67.0 Å². The molecule has 1 atom stereocenters. The molecule has 0 amide bonds. The van der Waals surface area contributed by atoms with Gasteiger partial charge in [0.05, 0.1) is 22.9 Å². The molecule has 0 saturated heterocycles. The molecule has 0 fully saturated rings. The minimum absolute atomic E-state index is 0.0915. The van der Waals surface area contributed by atoms with Crippen molar-refractivity contribution < 1.29 is 17.7 Å². The van der Waals surface area contributed by atoms with E-state index in [-0.39, 0.29) is 12.2 Å². The monoisotopic (exact) mass is 454 g/mol. The second-order valence-corrected chi connectivity index (χ2v) is 8.42. The molecule has 0 bridgehead atoms. The fourth-order valence-electron chi connectivity index (χ4n) is 3.38. The van der Waals surface area contributed by atoms with Crippen molar-refractivity contribution in [1.82, 2.24) is 19.3 Å². The van der Waals surface area contributed by atoms with Crippen molar-refractivity contribution in [1.29, 1.82) is 0 Å². The number of ether oxygens (including phenoxy) is 1. The molecule has 0 aliphatic rings. The van der Waals surface area contributed by atoms with Crippen molar-refractivity contribution >= 4 is 22.0 Å². The Labute approximate surface area is 186 Å². The van der Waals surface area contributed by atoms with Gasteiger partial charge in [0.25, 0.3) is 0 Å². The topological polar surface area (TPSA) is 71.1 Å². The zero-order valence-corrected chi connectivity index (χ0v) is 18.0. The van der Waals surface area contributed by atoms with E-state index in [4.69, 9.17) is 4.74 Å². The molecule has 1 N–H and O–H groups in total. The molecule has 0 aliphatic carbocycles. The van der Waals surface area contributed by atoms with Crippen LogP contribution in [-0.2, 0) is 11.0 Å². The highest BCUT2D eigenvalue weighted by Crippen LogP contribution is 2.41. The molecule has 1 aromatic carbocycles.